The summed E-state index contributed by atoms with van der Waals surface area (Å²) in [5.74, 6) is -1.77. The summed E-state index contributed by atoms with van der Waals surface area (Å²) in [6.07, 6.45) is -0.506. The van der Waals surface area contributed by atoms with Gasteiger partial charge in [0.1, 0.15) is 0 Å². The Morgan fingerprint density at radius 3 is 2.47 bits per heavy atom. The molecule has 1 nitrogen and oxygen atoms in total. The highest BCUT2D eigenvalue weighted by atomic mass is 79.9. The van der Waals surface area contributed by atoms with Crippen molar-refractivity contribution in [2.75, 3.05) is 0 Å². The maximum atomic E-state index is 13.1. The number of aliphatic hydroxyl groups is 1. The van der Waals surface area contributed by atoms with Crippen LogP contribution in [-0.2, 0) is 6.42 Å². The van der Waals surface area contributed by atoms with Crippen LogP contribution in [0.5, 0.6) is 0 Å². The first-order valence-electron chi connectivity index (χ1n) is 5.85. The van der Waals surface area contributed by atoms with Crippen molar-refractivity contribution in [2.24, 2.45) is 0 Å². The number of rotatable bonds is 3. The molecule has 100 valence electrons. The summed E-state index contributed by atoms with van der Waals surface area (Å²) in [4.78, 5) is 0. The number of hydrogen-bond donors (Lipinski definition) is 1. The number of hydrogen-bond acceptors (Lipinski definition) is 1. The van der Waals surface area contributed by atoms with Gasteiger partial charge in [-0.1, -0.05) is 28.1 Å². The Kier molecular flexibility index (Phi) is 4.32. The number of benzene rings is 2. The van der Waals surface area contributed by atoms with Crippen LogP contribution in [0.2, 0.25) is 0 Å². The lowest BCUT2D eigenvalue weighted by Gasteiger charge is -2.12. The molecule has 0 heterocycles. The summed E-state index contributed by atoms with van der Waals surface area (Å²) in [5.41, 5.74) is 2.33. The molecule has 0 radical (unpaired) electrons. The zero-order chi connectivity index (χ0) is 14.0. The van der Waals surface area contributed by atoms with E-state index >= 15 is 0 Å². The molecule has 0 bridgehead atoms. The van der Waals surface area contributed by atoms with Crippen LogP contribution >= 0.6 is 15.9 Å². The highest BCUT2D eigenvalue weighted by Gasteiger charge is 2.11. The molecule has 0 aliphatic rings. The molecule has 1 unspecified atom stereocenters. The minimum Gasteiger partial charge on any atom is -0.388 e. The highest BCUT2D eigenvalue weighted by molar-refractivity contribution is 9.10. The van der Waals surface area contributed by atoms with Crippen molar-refractivity contribution in [3.8, 4) is 0 Å². The van der Waals surface area contributed by atoms with Gasteiger partial charge in [0.15, 0.2) is 11.6 Å². The lowest BCUT2D eigenvalue weighted by Crippen LogP contribution is -2.03. The van der Waals surface area contributed by atoms with Crippen molar-refractivity contribution in [1.29, 1.82) is 0 Å². The van der Waals surface area contributed by atoms with E-state index in [1.165, 1.54) is 6.07 Å². The van der Waals surface area contributed by atoms with E-state index in [0.29, 0.717) is 5.56 Å². The molecule has 4 heteroatoms. The van der Waals surface area contributed by atoms with Gasteiger partial charge in [0.2, 0.25) is 0 Å². The maximum Gasteiger partial charge on any atom is 0.159 e. The first kappa shape index (κ1) is 14.2. The second kappa shape index (κ2) is 5.80. The number of aryl methyl sites for hydroxylation is 1. The average molecular weight is 327 g/mol. The standard InChI is InChI=1S/C15H13BrF2O/c1-9-4-11(8-12(16)5-9)15(19)7-10-2-3-13(17)14(18)6-10/h2-6,8,15,19H,7H2,1H3. The molecule has 2 rings (SSSR count). The quantitative estimate of drug-likeness (QED) is 0.891. The third-order valence-corrected chi connectivity index (χ3v) is 3.32. The van der Waals surface area contributed by atoms with Crippen LogP contribution in [0.15, 0.2) is 40.9 Å². The van der Waals surface area contributed by atoms with Gasteiger partial charge in [0.05, 0.1) is 6.10 Å². The van der Waals surface area contributed by atoms with E-state index in [-0.39, 0.29) is 6.42 Å². The molecule has 0 spiro atoms. The highest BCUT2D eigenvalue weighted by Crippen LogP contribution is 2.24. The number of aliphatic hydroxyl groups excluding tert-OH is 1. The molecular weight excluding hydrogens is 314 g/mol. The lowest BCUT2D eigenvalue weighted by molar-refractivity contribution is 0.178. The predicted molar refractivity (Wildman–Crippen MR) is 73.9 cm³/mol. The van der Waals surface area contributed by atoms with E-state index in [2.05, 4.69) is 15.9 Å². The van der Waals surface area contributed by atoms with Gasteiger partial charge < -0.3 is 5.11 Å². The van der Waals surface area contributed by atoms with Gasteiger partial charge in [-0.2, -0.15) is 0 Å². The molecule has 0 fully saturated rings. The van der Waals surface area contributed by atoms with E-state index in [4.69, 9.17) is 0 Å². The second-order valence-electron chi connectivity index (χ2n) is 4.53. The van der Waals surface area contributed by atoms with E-state index < -0.39 is 17.7 Å². The van der Waals surface area contributed by atoms with Crippen molar-refractivity contribution >= 4 is 15.9 Å². The molecule has 2 aromatic rings. The van der Waals surface area contributed by atoms with Gasteiger partial charge in [-0.15, -0.1) is 0 Å². The molecule has 0 aliphatic heterocycles. The largest absolute Gasteiger partial charge is 0.388 e. The molecule has 0 saturated heterocycles. The monoisotopic (exact) mass is 326 g/mol. The summed E-state index contributed by atoms with van der Waals surface area (Å²) >= 11 is 3.37. The van der Waals surface area contributed by atoms with Gasteiger partial charge in [-0.25, -0.2) is 8.78 Å². The topological polar surface area (TPSA) is 20.2 Å². The molecule has 1 N–H and O–H groups in total. The minimum absolute atomic E-state index is 0.243. The summed E-state index contributed by atoms with van der Waals surface area (Å²) < 4.78 is 26.8. The summed E-state index contributed by atoms with van der Waals surface area (Å²) in [6, 6.07) is 9.29. The molecule has 0 saturated carbocycles. The zero-order valence-corrected chi connectivity index (χ0v) is 11.9. The van der Waals surface area contributed by atoms with Crippen LogP contribution in [0.1, 0.15) is 22.8 Å². The number of halogens is 3. The Morgan fingerprint density at radius 2 is 1.84 bits per heavy atom. The Labute approximate surface area is 119 Å². The van der Waals surface area contributed by atoms with Gasteiger partial charge in [-0.3, -0.25) is 0 Å². The van der Waals surface area contributed by atoms with Crippen LogP contribution in [0, 0.1) is 18.6 Å². The van der Waals surface area contributed by atoms with Crippen LogP contribution in [0.3, 0.4) is 0 Å². The fourth-order valence-corrected chi connectivity index (χ4v) is 2.59. The van der Waals surface area contributed by atoms with E-state index in [1.807, 2.05) is 25.1 Å². The summed E-state index contributed by atoms with van der Waals surface area (Å²) in [5, 5.41) is 10.1. The maximum absolute atomic E-state index is 13.1. The first-order valence-corrected chi connectivity index (χ1v) is 6.64. The molecule has 1 atom stereocenters. The van der Waals surface area contributed by atoms with Crippen molar-refractivity contribution in [3.63, 3.8) is 0 Å². The first-order chi connectivity index (χ1) is 8.95. The lowest BCUT2D eigenvalue weighted by atomic mass is 10.00. The molecule has 19 heavy (non-hydrogen) atoms. The smallest absolute Gasteiger partial charge is 0.159 e. The van der Waals surface area contributed by atoms with E-state index in [0.717, 1.165) is 27.7 Å². The zero-order valence-electron chi connectivity index (χ0n) is 10.3. The SMILES string of the molecule is Cc1cc(Br)cc(C(O)Cc2ccc(F)c(F)c2)c1. The van der Waals surface area contributed by atoms with Crippen LogP contribution in [0.25, 0.3) is 0 Å². The summed E-state index contributed by atoms with van der Waals surface area (Å²) in [7, 11) is 0. The van der Waals surface area contributed by atoms with Gasteiger partial charge in [0, 0.05) is 10.9 Å². The molecule has 0 aliphatic carbocycles. The molecule has 0 amide bonds. The molecule has 0 aromatic heterocycles. The van der Waals surface area contributed by atoms with Gasteiger partial charge in [-0.05, 0) is 47.9 Å². The third-order valence-electron chi connectivity index (χ3n) is 2.86. The Balaban J connectivity index is 2.20. The van der Waals surface area contributed by atoms with Crippen molar-refractivity contribution in [3.05, 3.63) is 69.2 Å². The van der Waals surface area contributed by atoms with Crippen LogP contribution < -0.4 is 0 Å². The van der Waals surface area contributed by atoms with Crippen molar-refractivity contribution in [1.82, 2.24) is 0 Å². The normalized spacial score (nSPS) is 12.5. The Hall–Kier alpha value is -1.26. The fourth-order valence-electron chi connectivity index (χ4n) is 1.96. The Bertz CT molecular complexity index is 578. The Morgan fingerprint density at radius 1 is 1.11 bits per heavy atom. The minimum atomic E-state index is -0.893. The summed E-state index contributed by atoms with van der Waals surface area (Å²) in [6.45, 7) is 1.93. The van der Waals surface area contributed by atoms with Gasteiger partial charge in [0.25, 0.3) is 0 Å². The van der Waals surface area contributed by atoms with Crippen molar-refractivity contribution < 1.29 is 13.9 Å². The average Bonchev–Trinajstić information content (AvgIpc) is 2.32. The molecule has 2 aromatic carbocycles. The van der Waals surface area contributed by atoms with Crippen molar-refractivity contribution in [2.45, 2.75) is 19.4 Å². The predicted octanol–water partition coefficient (Wildman–Crippen LogP) is 4.31. The van der Waals surface area contributed by atoms with Crippen LogP contribution in [0.4, 0.5) is 8.78 Å². The van der Waals surface area contributed by atoms with E-state index in [1.54, 1.807) is 0 Å². The van der Waals surface area contributed by atoms with Crippen LogP contribution in [-0.4, -0.2) is 5.11 Å². The second-order valence-corrected chi connectivity index (χ2v) is 5.45. The third kappa shape index (κ3) is 3.61. The molecular formula is C15H13BrF2O. The fraction of sp³-hybridized carbons (Fsp3) is 0.200. The van der Waals surface area contributed by atoms with Gasteiger partial charge >= 0.3 is 0 Å². The van der Waals surface area contributed by atoms with E-state index in [9.17, 15) is 13.9 Å².